The minimum absolute atomic E-state index is 0.577. The molecular weight excluding hydrogens is 519 g/mol. The fourth-order valence-electron chi connectivity index (χ4n) is 4.00. The topological polar surface area (TPSA) is 56.1 Å². The van der Waals surface area contributed by atoms with Gasteiger partial charge in [-0.25, -0.2) is 0 Å². The van der Waals surface area contributed by atoms with Crippen molar-refractivity contribution in [1.29, 1.82) is 0 Å². The summed E-state index contributed by atoms with van der Waals surface area (Å²) in [6.45, 7) is 6.76. The Morgan fingerprint density at radius 3 is 2.58 bits per heavy atom. The summed E-state index contributed by atoms with van der Waals surface area (Å²) in [7, 11) is 1.66. The molecule has 0 radical (unpaired) electrons. The van der Waals surface area contributed by atoms with Crippen LogP contribution in [0.25, 0.3) is 22.2 Å². The van der Waals surface area contributed by atoms with E-state index in [4.69, 9.17) is 9.84 Å². The van der Waals surface area contributed by atoms with Gasteiger partial charge >= 0.3 is 170 Å². The van der Waals surface area contributed by atoms with Crippen LogP contribution in [-0.2, 0) is 0 Å². The van der Waals surface area contributed by atoms with Gasteiger partial charge in [0, 0.05) is 0 Å². The van der Waals surface area contributed by atoms with Gasteiger partial charge in [-0.2, -0.15) is 0 Å². The Hall–Kier alpha value is -1.71. The summed E-state index contributed by atoms with van der Waals surface area (Å²) in [6, 6.07) is 6.19. The van der Waals surface area contributed by atoms with E-state index in [0.717, 1.165) is 41.1 Å². The molecule has 7 heteroatoms. The monoisotopic (exact) mass is 541 g/mol. The molecule has 0 aliphatic carbocycles. The second-order valence-corrected chi connectivity index (χ2v) is 9.16. The normalized spacial score (nSPS) is 20.5. The van der Waals surface area contributed by atoms with Crippen LogP contribution in [0.1, 0.15) is 20.3 Å². The molecule has 0 saturated carbocycles. The van der Waals surface area contributed by atoms with Crippen molar-refractivity contribution >= 4 is 42.8 Å². The SMILES string of the molecule is COc1nccc2c1c(-c1ccnc(N3CC(C)CC(C)C3)c1)n[n]2[Tl]. The molecule has 0 aromatic carbocycles. The third-order valence-corrected chi connectivity index (χ3v) is 6.52. The molecule has 0 amide bonds. The Morgan fingerprint density at radius 1 is 1.12 bits per heavy atom. The molecule has 4 heterocycles. The van der Waals surface area contributed by atoms with Crippen molar-refractivity contribution in [3.05, 3.63) is 30.6 Å². The van der Waals surface area contributed by atoms with Crippen molar-refractivity contribution in [3.63, 3.8) is 0 Å². The molecular formula is C19H22N5OTl. The average Bonchev–Trinajstić information content (AvgIpc) is 2.98. The summed E-state index contributed by atoms with van der Waals surface area (Å²) in [5.41, 5.74) is 3.07. The first-order chi connectivity index (χ1) is 12.6. The molecule has 1 fully saturated rings. The molecule has 1 saturated heterocycles. The van der Waals surface area contributed by atoms with Crippen molar-refractivity contribution in [3.8, 4) is 17.1 Å². The van der Waals surface area contributed by atoms with Crippen molar-refractivity contribution in [1.82, 2.24) is 17.6 Å². The van der Waals surface area contributed by atoms with Crippen LogP contribution in [0.5, 0.6) is 5.88 Å². The second-order valence-electron chi connectivity index (χ2n) is 7.26. The summed E-state index contributed by atoms with van der Waals surface area (Å²) in [6.07, 6.45) is 4.95. The van der Waals surface area contributed by atoms with Crippen LogP contribution in [0.3, 0.4) is 0 Å². The molecule has 0 N–H and O–H groups in total. The maximum absolute atomic E-state index is 5.51. The number of hydrogen-bond donors (Lipinski definition) is 0. The van der Waals surface area contributed by atoms with Gasteiger partial charge in [-0.05, 0) is 0 Å². The number of nitrogens with zero attached hydrogens (tertiary/aromatic N) is 5. The molecule has 2 atom stereocenters. The van der Waals surface area contributed by atoms with Crippen LogP contribution >= 0.6 is 0 Å². The molecule has 3 aromatic heterocycles. The first-order valence-corrected chi connectivity index (χ1v) is 11.0. The van der Waals surface area contributed by atoms with Crippen LogP contribution in [0, 0.1) is 11.8 Å². The van der Waals surface area contributed by atoms with Crippen LogP contribution in [0.4, 0.5) is 5.82 Å². The number of pyridine rings is 2. The summed E-state index contributed by atoms with van der Waals surface area (Å²) in [4.78, 5) is 11.4. The molecule has 1 aliphatic heterocycles. The molecule has 4 rings (SSSR count). The summed E-state index contributed by atoms with van der Waals surface area (Å²) in [5, 5.41) is 5.79. The van der Waals surface area contributed by atoms with Gasteiger partial charge in [0.2, 0.25) is 0 Å². The number of methoxy groups -OCH3 is 1. The number of hydrogen-bond acceptors (Lipinski definition) is 5. The van der Waals surface area contributed by atoms with E-state index in [1.165, 1.54) is 6.42 Å². The van der Waals surface area contributed by atoms with E-state index < -0.39 is 0 Å². The number of anilines is 1. The van der Waals surface area contributed by atoms with Gasteiger partial charge in [-0.3, -0.25) is 0 Å². The predicted octanol–water partition coefficient (Wildman–Crippen LogP) is 2.92. The van der Waals surface area contributed by atoms with Gasteiger partial charge in [0.1, 0.15) is 0 Å². The number of piperidine rings is 1. The zero-order chi connectivity index (χ0) is 18.3. The Balaban J connectivity index is 1.79. The standard InChI is InChI=1S/C19H22N5O.Tl/c1-12-8-13(2)11-24(10-12)16-9-14(4-6-20-16)18-17-15(22-23-18)5-7-21-19(17)25-3;/h4-7,9,12-13H,8,10-11H2,1-3H3;/q-1;+1. The fraction of sp³-hybridized carbons (Fsp3) is 0.421. The molecule has 2 unspecified atom stereocenters. The third kappa shape index (κ3) is 3.19. The summed E-state index contributed by atoms with van der Waals surface area (Å²) >= 11 is 0.577. The maximum atomic E-state index is 5.51. The van der Waals surface area contributed by atoms with E-state index in [-0.39, 0.29) is 0 Å². The van der Waals surface area contributed by atoms with Gasteiger partial charge in [0.05, 0.1) is 0 Å². The molecule has 1 aliphatic rings. The van der Waals surface area contributed by atoms with Gasteiger partial charge in [0.25, 0.3) is 0 Å². The Morgan fingerprint density at radius 2 is 1.85 bits per heavy atom. The van der Waals surface area contributed by atoms with Crippen molar-refractivity contribution in [2.75, 3.05) is 25.1 Å². The predicted molar refractivity (Wildman–Crippen MR) is 104 cm³/mol. The Kier molecular flexibility index (Phi) is 4.85. The van der Waals surface area contributed by atoms with Crippen LogP contribution < -0.4 is 9.64 Å². The van der Waals surface area contributed by atoms with Crippen LogP contribution in [0.2, 0.25) is 0 Å². The molecule has 6 nitrogen and oxygen atoms in total. The van der Waals surface area contributed by atoms with E-state index in [1.807, 2.05) is 20.8 Å². The zero-order valence-corrected chi connectivity index (χ0v) is 19.9. The van der Waals surface area contributed by atoms with Gasteiger partial charge in [-0.1, -0.05) is 0 Å². The molecule has 132 valence electrons. The third-order valence-electron chi connectivity index (χ3n) is 4.99. The van der Waals surface area contributed by atoms with E-state index in [9.17, 15) is 0 Å². The van der Waals surface area contributed by atoms with Gasteiger partial charge < -0.3 is 0 Å². The molecule has 0 bridgehead atoms. The number of rotatable bonds is 3. The summed E-state index contributed by atoms with van der Waals surface area (Å²) < 4.78 is 7.55. The van der Waals surface area contributed by atoms with Crippen molar-refractivity contribution in [2.45, 2.75) is 20.3 Å². The van der Waals surface area contributed by atoms with E-state index in [1.54, 1.807) is 13.3 Å². The molecule has 3 aromatic rings. The Labute approximate surface area is 169 Å². The second kappa shape index (κ2) is 7.13. The van der Waals surface area contributed by atoms with Crippen molar-refractivity contribution < 1.29 is 4.74 Å². The fourth-order valence-corrected chi connectivity index (χ4v) is 5.29. The molecule has 26 heavy (non-hydrogen) atoms. The zero-order valence-electron chi connectivity index (χ0n) is 15.4. The van der Waals surface area contributed by atoms with Gasteiger partial charge in [0.15, 0.2) is 0 Å². The number of aromatic nitrogens is 4. The van der Waals surface area contributed by atoms with E-state index >= 15 is 0 Å². The van der Waals surface area contributed by atoms with E-state index in [2.05, 4.69) is 34.8 Å². The first kappa shape index (κ1) is 17.7. The summed E-state index contributed by atoms with van der Waals surface area (Å²) in [5.74, 6) is 3.04. The quantitative estimate of drug-likeness (QED) is 0.478. The van der Waals surface area contributed by atoms with Gasteiger partial charge in [-0.15, -0.1) is 0 Å². The Bertz CT molecular complexity index is 931. The van der Waals surface area contributed by atoms with Crippen LogP contribution in [0.15, 0.2) is 30.6 Å². The average molecular weight is 541 g/mol. The minimum atomic E-state index is 0.577. The van der Waals surface area contributed by atoms with Crippen molar-refractivity contribution in [2.24, 2.45) is 11.8 Å². The van der Waals surface area contributed by atoms with Crippen LogP contribution in [-0.4, -0.2) is 63.8 Å². The number of ether oxygens (including phenoxy) is 1. The van der Waals surface area contributed by atoms with E-state index in [0.29, 0.717) is 43.8 Å². The molecule has 0 spiro atoms. The first-order valence-electron chi connectivity index (χ1n) is 8.95. The number of fused-ring (bicyclic) bond motifs is 1.